The van der Waals surface area contributed by atoms with Crippen molar-refractivity contribution in [1.29, 1.82) is 0 Å². The van der Waals surface area contributed by atoms with Gasteiger partial charge in [0.25, 0.3) is 11.1 Å². The Kier molecular flexibility index (Phi) is 6.45. The van der Waals surface area contributed by atoms with Gasteiger partial charge in [-0.25, -0.2) is 4.39 Å². The Morgan fingerprint density at radius 3 is 2.46 bits per heavy atom. The Morgan fingerprint density at radius 2 is 1.69 bits per heavy atom. The van der Waals surface area contributed by atoms with Gasteiger partial charge in [-0.1, -0.05) is 65.7 Å². The second-order valence-electron chi connectivity index (χ2n) is 8.21. The lowest BCUT2D eigenvalue weighted by Gasteiger charge is -2.13. The number of amides is 2. The number of imide groups is 1. The number of halogens is 3. The maximum atomic E-state index is 14.4. The van der Waals surface area contributed by atoms with Gasteiger partial charge in [-0.05, 0) is 54.6 Å². The highest BCUT2D eigenvalue weighted by Gasteiger charge is 2.35. The van der Waals surface area contributed by atoms with Gasteiger partial charge in [0.05, 0.1) is 28.0 Å². The quantitative estimate of drug-likeness (QED) is 0.251. The third-order valence-corrected chi connectivity index (χ3v) is 7.69. The summed E-state index contributed by atoms with van der Waals surface area (Å²) in [6, 6.07) is 19.5. The third kappa shape index (κ3) is 4.49. The largest absolute Gasteiger partial charge is 0.340 e. The molecule has 2 heterocycles. The summed E-state index contributed by atoms with van der Waals surface area (Å²) in [5.74, 6) is -0.633. The van der Waals surface area contributed by atoms with Crippen LogP contribution in [0.3, 0.4) is 0 Å². The number of carbonyl (C=O) groups excluding carboxylic acids is 2. The highest BCUT2D eigenvalue weighted by Crippen LogP contribution is 2.37. The number of rotatable bonds is 5. The molecule has 0 N–H and O–H groups in total. The summed E-state index contributed by atoms with van der Waals surface area (Å²) in [5, 5.41) is 1.36. The molecule has 0 radical (unpaired) electrons. The van der Waals surface area contributed by atoms with E-state index in [2.05, 4.69) is 0 Å². The minimum absolute atomic E-state index is 0.104. The zero-order chi connectivity index (χ0) is 24.7. The molecule has 176 valence electrons. The average molecular weight is 525 g/mol. The molecule has 4 aromatic rings. The van der Waals surface area contributed by atoms with Crippen LogP contribution in [0.1, 0.15) is 22.4 Å². The molecular formula is C27H19Cl2FN2O2S. The van der Waals surface area contributed by atoms with Crippen LogP contribution in [-0.4, -0.2) is 20.6 Å². The van der Waals surface area contributed by atoms with E-state index < -0.39 is 0 Å². The van der Waals surface area contributed by atoms with Gasteiger partial charge in [-0.3, -0.25) is 14.5 Å². The maximum Gasteiger partial charge on any atom is 0.293 e. The standard InChI is InChI=1S/C27H19Cl2FN2O2S/c1-16-20(19-7-3-5-9-24(19)31(16)15-18-6-2-4-8-23(18)30)13-25-26(33)32(27(34)35-25)14-17-10-11-21(28)22(29)12-17/h2-13H,14-15H2,1H3. The molecule has 1 aliphatic rings. The molecule has 0 unspecified atom stereocenters. The highest BCUT2D eigenvalue weighted by molar-refractivity contribution is 8.18. The Bertz CT molecular complexity index is 1530. The van der Waals surface area contributed by atoms with Crippen LogP contribution in [0.2, 0.25) is 10.0 Å². The number of benzene rings is 3. The van der Waals surface area contributed by atoms with Crippen molar-refractivity contribution < 1.29 is 14.0 Å². The van der Waals surface area contributed by atoms with Crippen LogP contribution < -0.4 is 0 Å². The Labute approximate surface area is 215 Å². The molecule has 8 heteroatoms. The van der Waals surface area contributed by atoms with Crippen molar-refractivity contribution in [3.05, 3.63) is 110 Å². The van der Waals surface area contributed by atoms with Crippen molar-refractivity contribution >= 4 is 63.1 Å². The summed E-state index contributed by atoms with van der Waals surface area (Å²) in [5.41, 5.74) is 3.92. The fourth-order valence-electron chi connectivity index (χ4n) is 4.23. The molecule has 5 rings (SSSR count). The van der Waals surface area contributed by atoms with Gasteiger partial charge in [0.2, 0.25) is 0 Å². The predicted molar refractivity (Wildman–Crippen MR) is 140 cm³/mol. The lowest BCUT2D eigenvalue weighted by Crippen LogP contribution is -2.27. The summed E-state index contributed by atoms with van der Waals surface area (Å²) in [7, 11) is 0. The number of hydrogen-bond acceptors (Lipinski definition) is 3. The van der Waals surface area contributed by atoms with Crippen LogP contribution in [0.5, 0.6) is 0 Å². The normalized spacial score (nSPS) is 15.1. The highest BCUT2D eigenvalue weighted by atomic mass is 35.5. The molecule has 3 aromatic carbocycles. The van der Waals surface area contributed by atoms with Crippen LogP contribution >= 0.6 is 35.0 Å². The molecule has 1 saturated heterocycles. The molecule has 1 fully saturated rings. The Hall–Kier alpha value is -3.06. The first-order valence-corrected chi connectivity index (χ1v) is 12.4. The van der Waals surface area contributed by atoms with E-state index in [0.29, 0.717) is 32.6 Å². The first-order chi connectivity index (χ1) is 16.8. The second-order valence-corrected chi connectivity index (χ2v) is 10.0. The first-order valence-electron chi connectivity index (χ1n) is 10.8. The van der Waals surface area contributed by atoms with Gasteiger partial charge in [0, 0.05) is 27.7 Å². The summed E-state index contributed by atoms with van der Waals surface area (Å²) in [6.07, 6.45) is 1.76. The van der Waals surface area contributed by atoms with Crippen molar-refractivity contribution in [2.75, 3.05) is 0 Å². The van der Waals surface area contributed by atoms with Crippen LogP contribution in [0.15, 0.2) is 71.6 Å². The molecule has 35 heavy (non-hydrogen) atoms. The van der Waals surface area contributed by atoms with Gasteiger partial charge >= 0.3 is 0 Å². The van der Waals surface area contributed by atoms with Crippen LogP contribution in [0, 0.1) is 12.7 Å². The van der Waals surface area contributed by atoms with Crippen molar-refractivity contribution in [2.24, 2.45) is 0 Å². The molecule has 1 aliphatic heterocycles. The van der Waals surface area contributed by atoms with E-state index in [4.69, 9.17) is 23.2 Å². The van der Waals surface area contributed by atoms with E-state index >= 15 is 0 Å². The number of hydrogen-bond donors (Lipinski definition) is 0. The molecular weight excluding hydrogens is 506 g/mol. The number of fused-ring (bicyclic) bond motifs is 1. The average Bonchev–Trinajstić information content (AvgIpc) is 3.26. The fourth-order valence-corrected chi connectivity index (χ4v) is 5.37. The first kappa shape index (κ1) is 23.7. The lowest BCUT2D eigenvalue weighted by molar-refractivity contribution is -0.123. The second kappa shape index (κ2) is 9.53. The SMILES string of the molecule is Cc1c(C=C2SC(=O)N(Cc3ccc(Cl)c(Cl)c3)C2=O)c2ccccc2n1Cc1ccccc1F. The number of aromatic nitrogens is 1. The topological polar surface area (TPSA) is 42.3 Å². The van der Waals surface area contributed by atoms with Crippen LogP contribution in [0.4, 0.5) is 9.18 Å². The van der Waals surface area contributed by atoms with Crippen LogP contribution in [-0.2, 0) is 17.9 Å². The smallest absolute Gasteiger partial charge is 0.293 e. The zero-order valence-corrected chi connectivity index (χ0v) is 20.9. The van der Waals surface area contributed by atoms with E-state index in [1.54, 1.807) is 36.4 Å². The molecule has 4 nitrogen and oxygen atoms in total. The van der Waals surface area contributed by atoms with E-state index in [1.807, 2.05) is 41.8 Å². The lowest BCUT2D eigenvalue weighted by atomic mass is 10.1. The molecule has 0 atom stereocenters. The van der Waals surface area contributed by atoms with E-state index in [9.17, 15) is 14.0 Å². The van der Waals surface area contributed by atoms with Gasteiger partial charge in [0.1, 0.15) is 5.82 Å². The van der Waals surface area contributed by atoms with Gasteiger partial charge in [-0.2, -0.15) is 0 Å². The minimum Gasteiger partial charge on any atom is -0.340 e. The molecule has 0 saturated carbocycles. The van der Waals surface area contributed by atoms with Gasteiger partial charge in [0.15, 0.2) is 0 Å². The number of carbonyl (C=O) groups is 2. The van der Waals surface area contributed by atoms with Gasteiger partial charge in [-0.15, -0.1) is 0 Å². The number of thioether (sulfide) groups is 1. The summed E-state index contributed by atoms with van der Waals surface area (Å²) < 4.78 is 16.4. The van der Waals surface area contributed by atoms with Crippen molar-refractivity contribution in [3.63, 3.8) is 0 Å². The predicted octanol–water partition coefficient (Wildman–Crippen LogP) is 7.68. The van der Waals surface area contributed by atoms with Crippen molar-refractivity contribution in [1.82, 2.24) is 9.47 Å². The monoisotopic (exact) mass is 524 g/mol. The van der Waals surface area contributed by atoms with Gasteiger partial charge < -0.3 is 4.57 Å². The minimum atomic E-state index is -0.364. The maximum absolute atomic E-state index is 14.4. The number of nitrogens with zero attached hydrogens (tertiary/aromatic N) is 2. The van der Waals surface area contributed by atoms with Crippen molar-refractivity contribution in [2.45, 2.75) is 20.0 Å². The van der Waals surface area contributed by atoms with E-state index in [-0.39, 0.29) is 23.5 Å². The zero-order valence-electron chi connectivity index (χ0n) is 18.6. The Morgan fingerprint density at radius 1 is 0.943 bits per heavy atom. The van der Waals surface area contributed by atoms with E-state index in [0.717, 1.165) is 33.9 Å². The number of para-hydroxylation sites is 1. The fraction of sp³-hybridized carbons (Fsp3) is 0.111. The Balaban J connectivity index is 1.50. The molecule has 1 aromatic heterocycles. The molecule has 2 amide bonds. The van der Waals surface area contributed by atoms with Crippen molar-refractivity contribution in [3.8, 4) is 0 Å². The summed E-state index contributed by atoms with van der Waals surface area (Å²) >= 11 is 13.0. The van der Waals surface area contributed by atoms with E-state index in [1.165, 1.54) is 11.0 Å². The summed E-state index contributed by atoms with van der Waals surface area (Å²) in [4.78, 5) is 27.4. The molecule has 0 spiro atoms. The third-order valence-electron chi connectivity index (χ3n) is 6.04. The molecule has 0 aliphatic carbocycles. The molecule has 0 bridgehead atoms. The van der Waals surface area contributed by atoms with Crippen LogP contribution in [0.25, 0.3) is 17.0 Å². The summed E-state index contributed by atoms with van der Waals surface area (Å²) in [6.45, 7) is 2.39.